The van der Waals surface area contributed by atoms with Gasteiger partial charge in [0.25, 0.3) is 0 Å². The number of hydrogen-bond acceptors (Lipinski definition) is 2. The molecule has 1 amide bonds. The van der Waals surface area contributed by atoms with E-state index in [1.807, 2.05) is 6.92 Å². The molecule has 1 unspecified atom stereocenters. The summed E-state index contributed by atoms with van der Waals surface area (Å²) in [4.78, 5) is 11.9. The maximum atomic E-state index is 13.2. The molecule has 19 heavy (non-hydrogen) atoms. The Balaban J connectivity index is 2.85. The summed E-state index contributed by atoms with van der Waals surface area (Å²) in [6.45, 7) is 5.38. The van der Waals surface area contributed by atoms with Gasteiger partial charge in [-0.15, -0.1) is 0 Å². The van der Waals surface area contributed by atoms with Gasteiger partial charge in [-0.25, -0.2) is 8.78 Å². The lowest BCUT2D eigenvalue weighted by Crippen LogP contribution is -2.48. The van der Waals surface area contributed by atoms with Crippen molar-refractivity contribution in [3.8, 4) is 0 Å². The first-order valence-electron chi connectivity index (χ1n) is 6.31. The number of carbonyl (C=O) groups excluding carboxylic acids is 1. The predicted molar refractivity (Wildman–Crippen MR) is 70.4 cm³/mol. The zero-order valence-electron chi connectivity index (χ0n) is 11.5. The molecule has 1 atom stereocenters. The molecule has 106 valence electrons. The Morgan fingerprint density at radius 1 is 1.37 bits per heavy atom. The molecule has 0 fully saturated rings. The maximum Gasteiger partial charge on any atom is 0.237 e. The molecule has 0 aromatic heterocycles. The van der Waals surface area contributed by atoms with E-state index in [1.54, 1.807) is 13.8 Å². The average Bonchev–Trinajstić information content (AvgIpc) is 2.32. The standard InChI is InChI=1S/C14H20F2N2O/c1-4-5-12(17)13(19)18-14(2,3)9-6-7-10(15)11(16)8-9/h6-8,12H,4-5,17H2,1-3H3,(H,18,19). The Morgan fingerprint density at radius 2 is 2.00 bits per heavy atom. The van der Waals surface area contributed by atoms with Crippen LogP contribution in [0.1, 0.15) is 39.2 Å². The first kappa shape index (κ1) is 15.6. The predicted octanol–water partition coefficient (Wildman–Crippen LogP) is 2.44. The second-order valence-corrected chi connectivity index (χ2v) is 5.14. The highest BCUT2D eigenvalue weighted by Crippen LogP contribution is 2.22. The molecule has 1 rings (SSSR count). The number of amides is 1. The Kier molecular flexibility index (Phi) is 5.00. The van der Waals surface area contributed by atoms with Gasteiger partial charge in [-0.05, 0) is 38.0 Å². The number of nitrogens with two attached hydrogens (primary N) is 1. The highest BCUT2D eigenvalue weighted by atomic mass is 19.2. The Hall–Kier alpha value is -1.49. The number of carbonyl (C=O) groups is 1. The third-order valence-corrected chi connectivity index (χ3v) is 3.01. The third kappa shape index (κ3) is 3.99. The van der Waals surface area contributed by atoms with Crippen molar-refractivity contribution in [2.75, 3.05) is 0 Å². The van der Waals surface area contributed by atoms with Crippen LogP contribution in [0.3, 0.4) is 0 Å². The summed E-state index contributed by atoms with van der Waals surface area (Å²) in [7, 11) is 0. The van der Waals surface area contributed by atoms with Crippen LogP contribution in [-0.2, 0) is 10.3 Å². The van der Waals surface area contributed by atoms with Crippen LogP contribution in [0.15, 0.2) is 18.2 Å². The molecule has 0 aliphatic carbocycles. The van der Waals surface area contributed by atoms with Crippen molar-refractivity contribution >= 4 is 5.91 Å². The van der Waals surface area contributed by atoms with Crippen molar-refractivity contribution in [2.45, 2.75) is 45.2 Å². The van der Waals surface area contributed by atoms with Crippen LogP contribution in [0, 0.1) is 11.6 Å². The van der Waals surface area contributed by atoms with Gasteiger partial charge < -0.3 is 11.1 Å². The normalized spacial score (nSPS) is 13.2. The largest absolute Gasteiger partial charge is 0.346 e. The topological polar surface area (TPSA) is 55.1 Å². The highest BCUT2D eigenvalue weighted by molar-refractivity contribution is 5.82. The van der Waals surface area contributed by atoms with Crippen molar-refractivity contribution in [3.63, 3.8) is 0 Å². The summed E-state index contributed by atoms with van der Waals surface area (Å²) < 4.78 is 26.1. The van der Waals surface area contributed by atoms with Crippen molar-refractivity contribution < 1.29 is 13.6 Å². The zero-order chi connectivity index (χ0) is 14.6. The van der Waals surface area contributed by atoms with E-state index in [0.717, 1.165) is 18.6 Å². The fraction of sp³-hybridized carbons (Fsp3) is 0.500. The second kappa shape index (κ2) is 6.10. The van der Waals surface area contributed by atoms with Crippen LogP contribution >= 0.6 is 0 Å². The minimum atomic E-state index is -0.933. The van der Waals surface area contributed by atoms with E-state index >= 15 is 0 Å². The fourth-order valence-corrected chi connectivity index (χ4v) is 1.80. The Bertz CT molecular complexity index is 461. The molecule has 0 saturated heterocycles. The fourth-order valence-electron chi connectivity index (χ4n) is 1.80. The van der Waals surface area contributed by atoms with Crippen LogP contribution in [0.4, 0.5) is 8.78 Å². The van der Waals surface area contributed by atoms with Gasteiger partial charge >= 0.3 is 0 Å². The average molecular weight is 270 g/mol. The first-order chi connectivity index (χ1) is 8.77. The third-order valence-electron chi connectivity index (χ3n) is 3.01. The van der Waals surface area contributed by atoms with Crippen LogP contribution < -0.4 is 11.1 Å². The highest BCUT2D eigenvalue weighted by Gasteiger charge is 2.26. The molecular formula is C14H20F2N2O. The molecular weight excluding hydrogens is 250 g/mol. The van der Waals surface area contributed by atoms with E-state index in [4.69, 9.17) is 5.73 Å². The number of rotatable bonds is 5. The van der Waals surface area contributed by atoms with Gasteiger partial charge in [-0.2, -0.15) is 0 Å². The van der Waals surface area contributed by atoms with Crippen LogP contribution in [0.2, 0.25) is 0 Å². The lowest BCUT2D eigenvalue weighted by atomic mass is 9.93. The molecule has 3 N–H and O–H groups in total. The molecule has 0 saturated carbocycles. The van der Waals surface area contributed by atoms with Gasteiger partial charge in [0.1, 0.15) is 0 Å². The molecule has 0 radical (unpaired) electrons. The van der Waals surface area contributed by atoms with Crippen LogP contribution in [-0.4, -0.2) is 11.9 Å². The molecule has 1 aromatic carbocycles. The summed E-state index contributed by atoms with van der Waals surface area (Å²) in [5.74, 6) is -2.14. The SMILES string of the molecule is CCCC(N)C(=O)NC(C)(C)c1ccc(F)c(F)c1. The molecule has 3 nitrogen and oxygen atoms in total. The van der Waals surface area contributed by atoms with Gasteiger partial charge in [0.15, 0.2) is 11.6 Å². The van der Waals surface area contributed by atoms with Gasteiger partial charge in [-0.1, -0.05) is 19.4 Å². The van der Waals surface area contributed by atoms with Gasteiger partial charge in [0.2, 0.25) is 5.91 Å². The molecule has 0 aliphatic heterocycles. The summed E-state index contributed by atoms with van der Waals surface area (Å²) in [6, 6.07) is 2.99. The zero-order valence-corrected chi connectivity index (χ0v) is 11.5. The minimum Gasteiger partial charge on any atom is -0.346 e. The van der Waals surface area contributed by atoms with E-state index in [0.29, 0.717) is 12.0 Å². The van der Waals surface area contributed by atoms with Gasteiger partial charge in [-0.3, -0.25) is 4.79 Å². The van der Waals surface area contributed by atoms with Crippen molar-refractivity contribution in [1.29, 1.82) is 0 Å². The molecule has 5 heteroatoms. The first-order valence-corrected chi connectivity index (χ1v) is 6.31. The quantitative estimate of drug-likeness (QED) is 0.863. The molecule has 0 aliphatic rings. The second-order valence-electron chi connectivity index (χ2n) is 5.14. The molecule has 0 heterocycles. The number of hydrogen-bond donors (Lipinski definition) is 2. The van der Waals surface area contributed by atoms with E-state index in [-0.39, 0.29) is 5.91 Å². The summed E-state index contributed by atoms with van der Waals surface area (Å²) in [6.07, 6.45) is 1.39. The van der Waals surface area contributed by atoms with E-state index in [1.165, 1.54) is 6.07 Å². The lowest BCUT2D eigenvalue weighted by molar-refractivity contribution is -0.124. The Labute approximate surface area is 112 Å². The molecule has 1 aromatic rings. The summed E-state index contributed by atoms with van der Waals surface area (Å²) >= 11 is 0. The van der Waals surface area contributed by atoms with Gasteiger partial charge in [0, 0.05) is 0 Å². The summed E-state index contributed by atoms with van der Waals surface area (Å²) in [5.41, 5.74) is 5.40. The Morgan fingerprint density at radius 3 is 2.53 bits per heavy atom. The number of nitrogens with one attached hydrogen (secondary N) is 1. The van der Waals surface area contributed by atoms with E-state index < -0.39 is 23.2 Å². The number of halogens is 2. The minimum absolute atomic E-state index is 0.295. The number of benzene rings is 1. The van der Waals surface area contributed by atoms with Crippen LogP contribution in [0.5, 0.6) is 0 Å². The van der Waals surface area contributed by atoms with Crippen LogP contribution in [0.25, 0.3) is 0 Å². The smallest absolute Gasteiger partial charge is 0.237 e. The molecule has 0 spiro atoms. The molecule has 0 bridgehead atoms. The monoisotopic (exact) mass is 270 g/mol. The summed E-state index contributed by atoms with van der Waals surface area (Å²) in [5, 5.41) is 2.75. The lowest BCUT2D eigenvalue weighted by Gasteiger charge is -2.28. The van der Waals surface area contributed by atoms with E-state index in [9.17, 15) is 13.6 Å². The van der Waals surface area contributed by atoms with Gasteiger partial charge in [0.05, 0.1) is 11.6 Å². The maximum absolute atomic E-state index is 13.2. The van der Waals surface area contributed by atoms with Crippen molar-refractivity contribution in [3.05, 3.63) is 35.4 Å². The van der Waals surface area contributed by atoms with E-state index in [2.05, 4.69) is 5.32 Å². The van der Waals surface area contributed by atoms with Crippen molar-refractivity contribution in [2.24, 2.45) is 5.73 Å². The van der Waals surface area contributed by atoms with Crippen molar-refractivity contribution in [1.82, 2.24) is 5.32 Å².